The van der Waals surface area contributed by atoms with Crippen molar-refractivity contribution in [1.29, 1.82) is 0 Å². The Morgan fingerprint density at radius 2 is 1.63 bits per heavy atom. The number of nitrogens with one attached hydrogen (secondary N) is 1. The van der Waals surface area contributed by atoms with Gasteiger partial charge in [0.05, 0.1) is 19.2 Å². The summed E-state index contributed by atoms with van der Waals surface area (Å²) in [5.74, 6) is -0.838. The summed E-state index contributed by atoms with van der Waals surface area (Å²) in [6.45, 7) is 1.57. The minimum atomic E-state index is -0.952. The molecule has 1 aliphatic rings. The van der Waals surface area contributed by atoms with E-state index in [1.165, 1.54) is 11.8 Å². The SMILES string of the molecule is COc1ccc(C(=O)N(Cc2ccccc2)C2CC(=O)N(c3ccc(NC(C)=O)cc3)C2=O)cc1. The van der Waals surface area contributed by atoms with Gasteiger partial charge in [0.1, 0.15) is 11.8 Å². The number of amides is 4. The van der Waals surface area contributed by atoms with Gasteiger partial charge in [0.25, 0.3) is 11.8 Å². The van der Waals surface area contributed by atoms with E-state index in [0.717, 1.165) is 10.5 Å². The average molecular weight is 472 g/mol. The van der Waals surface area contributed by atoms with Gasteiger partial charge < -0.3 is 15.0 Å². The molecule has 1 heterocycles. The van der Waals surface area contributed by atoms with Crippen molar-refractivity contribution in [3.8, 4) is 5.75 Å². The van der Waals surface area contributed by atoms with E-state index in [1.54, 1.807) is 55.6 Å². The third-order valence-electron chi connectivity index (χ3n) is 5.74. The smallest absolute Gasteiger partial charge is 0.257 e. The summed E-state index contributed by atoms with van der Waals surface area (Å²) in [6, 6.07) is 21.4. The summed E-state index contributed by atoms with van der Waals surface area (Å²) >= 11 is 0. The lowest BCUT2D eigenvalue weighted by atomic mass is 10.1. The molecule has 1 saturated heterocycles. The van der Waals surface area contributed by atoms with Gasteiger partial charge >= 0.3 is 0 Å². The Morgan fingerprint density at radius 1 is 0.971 bits per heavy atom. The van der Waals surface area contributed by atoms with Crippen LogP contribution in [0.1, 0.15) is 29.3 Å². The van der Waals surface area contributed by atoms with Gasteiger partial charge in [-0.25, -0.2) is 4.90 Å². The maximum absolute atomic E-state index is 13.5. The molecule has 8 nitrogen and oxygen atoms in total. The number of carbonyl (C=O) groups excluding carboxylic acids is 4. The van der Waals surface area contributed by atoms with Gasteiger partial charge in [0, 0.05) is 24.7 Å². The fraction of sp³-hybridized carbons (Fsp3) is 0.185. The third-order valence-corrected chi connectivity index (χ3v) is 5.74. The van der Waals surface area contributed by atoms with E-state index in [4.69, 9.17) is 4.74 Å². The van der Waals surface area contributed by atoms with Crippen LogP contribution in [0.25, 0.3) is 0 Å². The van der Waals surface area contributed by atoms with Crippen LogP contribution in [0.15, 0.2) is 78.9 Å². The number of methoxy groups -OCH3 is 1. The molecule has 3 aromatic rings. The molecule has 0 radical (unpaired) electrons. The van der Waals surface area contributed by atoms with Gasteiger partial charge in [-0.15, -0.1) is 0 Å². The summed E-state index contributed by atoms with van der Waals surface area (Å²) in [7, 11) is 1.54. The van der Waals surface area contributed by atoms with E-state index >= 15 is 0 Å². The van der Waals surface area contributed by atoms with Crippen molar-refractivity contribution in [3.63, 3.8) is 0 Å². The molecule has 0 aromatic heterocycles. The van der Waals surface area contributed by atoms with Crippen LogP contribution in [0.2, 0.25) is 0 Å². The van der Waals surface area contributed by atoms with E-state index in [1.807, 2.05) is 30.3 Å². The van der Waals surface area contributed by atoms with Gasteiger partial charge in [0.15, 0.2) is 0 Å². The second-order valence-electron chi connectivity index (χ2n) is 8.16. The number of carbonyl (C=O) groups is 4. The molecule has 8 heteroatoms. The molecule has 4 amide bonds. The number of benzene rings is 3. The maximum atomic E-state index is 13.5. The Hall–Kier alpha value is -4.46. The van der Waals surface area contributed by atoms with E-state index in [9.17, 15) is 19.2 Å². The number of ether oxygens (including phenoxy) is 1. The van der Waals surface area contributed by atoms with Crippen molar-refractivity contribution in [2.24, 2.45) is 0 Å². The van der Waals surface area contributed by atoms with Gasteiger partial charge in [0.2, 0.25) is 11.8 Å². The van der Waals surface area contributed by atoms with E-state index < -0.39 is 17.9 Å². The topological polar surface area (TPSA) is 96.0 Å². The second-order valence-corrected chi connectivity index (χ2v) is 8.16. The molecule has 1 atom stereocenters. The number of anilines is 2. The molecule has 0 spiro atoms. The first-order valence-electron chi connectivity index (χ1n) is 11.1. The van der Waals surface area contributed by atoms with E-state index in [-0.39, 0.29) is 24.8 Å². The van der Waals surface area contributed by atoms with Crippen LogP contribution in [0.4, 0.5) is 11.4 Å². The fourth-order valence-electron chi connectivity index (χ4n) is 4.03. The summed E-state index contributed by atoms with van der Waals surface area (Å²) < 4.78 is 5.18. The number of nitrogens with zero attached hydrogens (tertiary/aromatic N) is 2. The van der Waals surface area contributed by atoms with Gasteiger partial charge in [-0.2, -0.15) is 0 Å². The first kappa shape index (κ1) is 23.7. The molecule has 1 N–H and O–H groups in total. The predicted octanol–water partition coefficient (Wildman–Crippen LogP) is 3.63. The Kier molecular flexibility index (Phi) is 6.91. The van der Waals surface area contributed by atoms with Crippen LogP contribution in [-0.2, 0) is 20.9 Å². The lowest BCUT2D eigenvalue weighted by Gasteiger charge is -2.28. The molecule has 3 aromatic carbocycles. The van der Waals surface area contributed by atoms with Crippen molar-refractivity contribution in [2.45, 2.75) is 25.9 Å². The van der Waals surface area contributed by atoms with E-state index in [0.29, 0.717) is 22.7 Å². The van der Waals surface area contributed by atoms with Crippen LogP contribution in [0.3, 0.4) is 0 Å². The minimum Gasteiger partial charge on any atom is -0.497 e. The highest BCUT2D eigenvalue weighted by atomic mass is 16.5. The van der Waals surface area contributed by atoms with Crippen molar-refractivity contribution >= 4 is 35.0 Å². The first-order valence-corrected chi connectivity index (χ1v) is 11.1. The summed E-state index contributed by atoms with van der Waals surface area (Å²) in [4.78, 5) is 53.8. The van der Waals surface area contributed by atoms with E-state index in [2.05, 4.69) is 5.32 Å². The van der Waals surface area contributed by atoms with Crippen molar-refractivity contribution in [2.75, 3.05) is 17.3 Å². The number of hydrogen-bond acceptors (Lipinski definition) is 5. The quantitative estimate of drug-likeness (QED) is 0.531. The molecule has 0 saturated carbocycles. The van der Waals surface area contributed by atoms with Crippen molar-refractivity contribution in [1.82, 2.24) is 4.90 Å². The highest BCUT2D eigenvalue weighted by molar-refractivity contribution is 6.23. The first-order chi connectivity index (χ1) is 16.9. The van der Waals surface area contributed by atoms with Crippen LogP contribution in [-0.4, -0.2) is 41.7 Å². The van der Waals surface area contributed by atoms with Gasteiger partial charge in [-0.05, 0) is 54.1 Å². The molecule has 1 fully saturated rings. The number of imide groups is 1. The van der Waals surface area contributed by atoms with Crippen LogP contribution >= 0.6 is 0 Å². The molecule has 1 unspecified atom stereocenters. The Labute approximate surface area is 203 Å². The fourth-order valence-corrected chi connectivity index (χ4v) is 4.03. The zero-order valence-corrected chi connectivity index (χ0v) is 19.4. The summed E-state index contributed by atoms with van der Waals surface area (Å²) in [5.41, 5.74) is 2.17. The van der Waals surface area contributed by atoms with Crippen molar-refractivity contribution < 1.29 is 23.9 Å². The van der Waals surface area contributed by atoms with Gasteiger partial charge in [-0.3, -0.25) is 19.2 Å². The van der Waals surface area contributed by atoms with Crippen molar-refractivity contribution in [3.05, 3.63) is 90.0 Å². The molecule has 1 aliphatic heterocycles. The molecule has 0 aliphatic carbocycles. The standard InChI is InChI=1S/C27H25N3O5/c1-18(31)28-21-10-12-22(13-11-21)30-25(32)16-24(27(30)34)29(17-19-6-4-3-5-7-19)26(33)20-8-14-23(35-2)15-9-20/h3-15,24H,16-17H2,1-2H3,(H,28,31). The molecule has 178 valence electrons. The molecular weight excluding hydrogens is 446 g/mol. The Bertz CT molecular complexity index is 1240. The molecule has 0 bridgehead atoms. The Morgan fingerprint density at radius 3 is 2.23 bits per heavy atom. The zero-order chi connectivity index (χ0) is 24.9. The predicted molar refractivity (Wildman–Crippen MR) is 131 cm³/mol. The lowest BCUT2D eigenvalue weighted by Crippen LogP contribution is -2.45. The third kappa shape index (κ3) is 5.22. The van der Waals surface area contributed by atoms with Crippen LogP contribution in [0.5, 0.6) is 5.75 Å². The van der Waals surface area contributed by atoms with Crippen LogP contribution in [0, 0.1) is 0 Å². The molecule has 4 rings (SSSR count). The lowest BCUT2D eigenvalue weighted by molar-refractivity contribution is -0.122. The monoisotopic (exact) mass is 471 g/mol. The summed E-state index contributed by atoms with van der Waals surface area (Å²) in [5, 5.41) is 2.65. The molecular formula is C27H25N3O5. The normalized spacial score (nSPS) is 15.1. The summed E-state index contributed by atoms with van der Waals surface area (Å²) in [6.07, 6.45) is -0.124. The highest BCUT2D eigenvalue weighted by Gasteiger charge is 2.44. The number of hydrogen-bond donors (Lipinski definition) is 1. The minimum absolute atomic E-state index is 0.124. The Balaban J connectivity index is 1.63. The average Bonchev–Trinajstić information content (AvgIpc) is 3.16. The number of rotatable bonds is 7. The van der Waals surface area contributed by atoms with Crippen LogP contribution < -0.4 is 15.0 Å². The highest BCUT2D eigenvalue weighted by Crippen LogP contribution is 2.29. The maximum Gasteiger partial charge on any atom is 0.257 e. The second kappa shape index (κ2) is 10.2. The molecule has 35 heavy (non-hydrogen) atoms. The largest absolute Gasteiger partial charge is 0.497 e. The van der Waals surface area contributed by atoms with Gasteiger partial charge in [-0.1, -0.05) is 30.3 Å². The zero-order valence-electron chi connectivity index (χ0n) is 19.4.